The van der Waals surface area contributed by atoms with Crippen molar-refractivity contribution in [1.82, 2.24) is 14.1 Å². The third-order valence-electron chi connectivity index (χ3n) is 6.84. The molecule has 7 nitrogen and oxygen atoms in total. The van der Waals surface area contributed by atoms with Gasteiger partial charge in [0.2, 0.25) is 10.0 Å². The molecule has 0 saturated carbocycles. The molecule has 5 rings (SSSR count). The van der Waals surface area contributed by atoms with Crippen molar-refractivity contribution in [2.45, 2.75) is 38.3 Å². The summed E-state index contributed by atoms with van der Waals surface area (Å²) in [7, 11) is -1.88. The minimum atomic E-state index is -3.72. The van der Waals surface area contributed by atoms with E-state index < -0.39 is 15.8 Å². The van der Waals surface area contributed by atoms with E-state index in [9.17, 15) is 17.6 Å². The summed E-state index contributed by atoms with van der Waals surface area (Å²) in [6, 6.07) is 20.0. The summed E-state index contributed by atoms with van der Waals surface area (Å²) in [5.41, 5.74) is 5.17. The average Bonchev–Trinajstić information content (AvgIpc) is 3.21. The Kier molecular flexibility index (Phi) is 6.90. The standard InChI is InChI=1S/C29H29FN4O3S/c1-20-15-21(2)17-25(16-20)38(36,37)33-14-13-28-26(18-33)27(31-32(28)3)19-34(24-7-5-4-6-8-24)29(35)22-9-11-23(30)12-10-22/h4-12,15-17H,13-14,18-19H2,1-3H3. The van der Waals surface area contributed by atoms with Crippen molar-refractivity contribution in [3.63, 3.8) is 0 Å². The van der Waals surface area contributed by atoms with Crippen LogP contribution in [0.5, 0.6) is 0 Å². The first-order valence-corrected chi connectivity index (χ1v) is 13.8. The number of aryl methyl sites for hydroxylation is 3. The third kappa shape index (κ3) is 4.99. The van der Waals surface area contributed by atoms with Gasteiger partial charge in [0.05, 0.1) is 17.1 Å². The lowest BCUT2D eigenvalue weighted by molar-refractivity contribution is 0.0984. The molecule has 1 aliphatic rings. The molecule has 1 aliphatic heterocycles. The molecule has 0 N–H and O–H groups in total. The number of anilines is 1. The van der Waals surface area contributed by atoms with Gasteiger partial charge in [0.1, 0.15) is 5.82 Å². The van der Waals surface area contributed by atoms with Gasteiger partial charge in [-0.3, -0.25) is 9.48 Å². The van der Waals surface area contributed by atoms with Gasteiger partial charge in [-0.25, -0.2) is 12.8 Å². The largest absolute Gasteiger partial charge is 0.302 e. The highest BCUT2D eigenvalue weighted by Gasteiger charge is 2.33. The molecule has 0 spiro atoms. The fraction of sp³-hybridized carbons (Fsp3) is 0.241. The summed E-state index contributed by atoms with van der Waals surface area (Å²) in [6.45, 7) is 4.42. The quantitative estimate of drug-likeness (QED) is 0.359. The smallest absolute Gasteiger partial charge is 0.258 e. The van der Waals surface area contributed by atoms with E-state index in [1.807, 2.05) is 57.3 Å². The van der Waals surface area contributed by atoms with E-state index in [4.69, 9.17) is 5.10 Å². The van der Waals surface area contributed by atoms with Crippen molar-refractivity contribution in [3.8, 4) is 0 Å². The van der Waals surface area contributed by atoms with Gasteiger partial charge in [-0.2, -0.15) is 9.40 Å². The lowest BCUT2D eigenvalue weighted by Crippen LogP contribution is -2.37. The number of amides is 1. The lowest BCUT2D eigenvalue weighted by atomic mass is 10.1. The Morgan fingerprint density at radius 3 is 2.32 bits per heavy atom. The number of benzene rings is 3. The summed E-state index contributed by atoms with van der Waals surface area (Å²) in [5, 5.41) is 4.71. The number of carbonyl (C=O) groups excluding carboxylic acids is 1. The van der Waals surface area contributed by atoms with Crippen LogP contribution in [0.4, 0.5) is 10.1 Å². The van der Waals surface area contributed by atoms with Crippen molar-refractivity contribution in [1.29, 1.82) is 0 Å². The number of fused-ring (bicyclic) bond motifs is 1. The molecule has 0 atom stereocenters. The second-order valence-corrected chi connectivity index (χ2v) is 11.6. The Morgan fingerprint density at radius 1 is 1.00 bits per heavy atom. The van der Waals surface area contributed by atoms with E-state index in [1.165, 1.54) is 28.6 Å². The van der Waals surface area contributed by atoms with Crippen LogP contribution in [0.25, 0.3) is 0 Å². The van der Waals surface area contributed by atoms with Gasteiger partial charge in [0.15, 0.2) is 0 Å². The first kappa shape index (κ1) is 25.8. The monoisotopic (exact) mass is 532 g/mol. The maximum atomic E-state index is 13.6. The lowest BCUT2D eigenvalue weighted by Gasteiger charge is -2.28. The summed E-state index contributed by atoms with van der Waals surface area (Å²) in [5.74, 6) is -0.720. The molecule has 0 aliphatic carbocycles. The van der Waals surface area contributed by atoms with Crippen molar-refractivity contribution in [3.05, 3.63) is 112 Å². The summed E-state index contributed by atoms with van der Waals surface area (Å²) < 4.78 is 44.0. The minimum Gasteiger partial charge on any atom is -0.302 e. The summed E-state index contributed by atoms with van der Waals surface area (Å²) >= 11 is 0. The van der Waals surface area contributed by atoms with Gasteiger partial charge < -0.3 is 4.90 Å². The maximum Gasteiger partial charge on any atom is 0.258 e. The average molecular weight is 533 g/mol. The zero-order chi connectivity index (χ0) is 27.0. The Hall–Kier alpha value is -3.82. The Balaban J connectivity index is 1.50. The molecule has 0 fully saturated rings. The van der Waals surface area contributed by atoms with Crippen molar-refractivity contribution in [2.75, 3.05) is 11.4 Å². The SMILES string of the molecule is Cc1cc(C)cc(S(=O)(=O)N2CCc3c(c(CN(C(=O)c4ccc(F)cc4)c4ccccc4)nn3C)C2)c1. The van der Waals surface area contributed by atoms with E-state index in [-0.39, 0.29) is 23.9 Å². The van der Waals surface area contributed by atoms with Crippen LogP contribution in [0.3, 0.4) is 0 Å². The molecule has 1 aromatic heterocycles. The number of para-hydroxylation sites is 1. The number of rotatable bonds is 6. The summed E-state index contributed by atoms with van der Waals surface area (Å²) in [6.07, 6.45) is 0.514. The molecule has 0 radical (unpaired) electrons. The van der Waals surface area contributed by atoms with Crippen molar-refractivity contribution >= 4 is 21.6 Å². The van der Waals surface area contributed by atoms with Crippen LogP contribution in [-0.4, -0.2) is 35.0 Å². The van der Waals surface area contributed by atoms with E-state index >= 15 is 0 Å². The molecule has 4 aromatic rings. The zero-order valence-corrected chi connectivity index (χ0v) is 22.4. The van der Waals surface area contributed by atoms with E-state index in [2.05, 4.69) is 0 Å². The number of carbonyl (C=O) groups is 1. The third-order valence-corrected chi connectivity index (χ3v) is 8.66. The molecule has 2 heterocycles. The molecular formula is C29H29FN4O3S. The molecule has 196 valence electrons. The number of hydrogen-bond acceptors (Lipinski definition) is 4. The predicted molar refractivity (Wildman–Crippen MR) is 144 cm³/mol. The molecule has 1 amide bonds. The van der Waals surface area contributed by atoms with Crippen LogP contribution in [0.15, 0.2) is 77.7 Å². The van der Waals surface area contributed by atoms with Crippen molar-refractivity contribution < 1.29 is 17.6 Å². The maximum absolute atomic E-state index is 13.6. The number of aromatic nitrogens is 2. The molecule has 38 heavy (non-hydrogen) atoms. The van der Waals surface area contributed by atoms with Crippen LogP contribution < -0.4 is 4.90 Å². The molecule has 0 unspecified atom stereocenters. The van der Waals surface area contributed by atoms with Crippen LogP contribution in [0, 0.1) is 19.7 Å². The second-order valence-electron chi connectivity index (χ2n) is 9.64. The highest BCUT2D eigenvalue weighted by molar-refractivity contribution is 7.89. The zero-order valence-electron chi connectivity index (χ0n) is 21.6. The fourth-order valence-corrected chi connectivity index (χ4v) is 6.59. The van der Waals surface area contributed by atoms with Crippen LogP contribution in [0.1, 0.15) is 38.4 Å². The predicted octanol–water partition coefficient (Wildman–Crippen LogP) is 4.77. The van der Waals surface area contributed by atoms with Gasteiger partial charge >= 0.3 is 0 Å². The van der Waals surface area contributed by atoms with Gasteiger partial charge in [0.25, 0.3) is 5.91 Å². The first-order valence-electron chi connectivity index (χ1n) is 12.4. The normalized spacial score (nSPS) is 13.8. The molecule has 9 heteroatoms. The van der Waals surface area contributed by atoms with E-state index in [0.29, 0.717) is 29.9 Å². The second kappa shape index (κ2) is 10.2. The number of hydrogen-bond donors (Lipinski definition) is 0. The molecule has 0 bridgehead atoms. The highest BCUT2D eigenvalue weighted by Crippen LogP contribution is 2.30. The summed E-state index contributed by atoms with van der Waals surface area (Å²) in [4.78, 5) is 15.4. The number of nitrogens with zero attached hydrogens (tertiary/aromatic N) is 4. The number of halogens is 1. The van der Waals surface area contributed by atoms with Gasteiger partial charge in [0, 0.05) is 49.1 Å². The number of sulfonamides is 1. The minimum absolute atomic E-state index is 0.140. The fourth-order valence-electron chi connectivity index (χ4n) is 4.99. The molecular weight excluding hydrogens is 503 g/mol. The Morgan fingerprint density at radius 2 is 1.66 bits per heavy atom. The van der Waals surface area contributed by atoms with E-state index in [1.54, 1.807) is 21.7 Å². The van der Waals surface area contributed by atoms with Gasteiger partial charge in [-0.1, -0.05) is 24.3 Å². The van der Waals surface area contributed by atoms with Gasteiger partial charge in [-0.05, 0) is 73.5 Å². The van der Waals surface area contributed by atoms with Crippen molar-refractivity contribution in [2.24, 2.45) is 7.05 Å². The van der Waals surface area contributed by atoms with Crippen LogP contribution >= 0.6 is 0 Å². The van der Waals surface area contributed by atoms with Crippen LogP contribution in [-0.2, 0) is 36.6 Å². The highest BCUT2D eigenvalue weighted by atomic mass is 32.2. The van der Waals surface area contributed by atoms with Crippen LogP contribution in [0.2, 0.25) is 0 Å². The topological polar surface area (TPSA) is 75.5 Å². The van der Waals surface area contributed by atoms with E-state index in [0.717, 1.165) is 22.4 Å². The van der Waals surface area contributed by atoms with Gasteiger partial charge in [-0.15, -0.1) is 0 Å². The molecule has 3 aromatic carbocycles. The Bertz CT molecular complexity index is 1580. The first-order chi connectivity index (χ1) is 18.1. The molecule has 0 saturated heterocycles. The Labute approximate surface area is 222 Å².